The van der Waals surface area contributed by atoms with Crippen LogP contribution in [0.25, 0.3) is 22.2 Å². The molecule has 0 spiro atoms. The fourth-order valence-corrected chi connectivity index (χ4v) is 4.47. The van der Waals surface area contributed by atoms with Gasteiger partial charge in [0.15, 0.2) is 0 Å². The van der Waals surface area contributed by atoms with E-state index >= 15 is 0 Å². The maximum absolute atomic E-state index is 13.0. The molecular weight excluding hydrogens is 524 g/mol. The van der Waals surface area contributed by atoms with Gasteiger partial charge < -0.3 is 19.7 Å². The molecule has 0 aliphatic carbocycles. The molecule has 0 aromatic carbocycles. The van der Waals surface area contributed by atoms with Gasteiger partial charge in [0.05, 0.1) is 11.9 Å². The number of carbonyl (C=O) groups is 1. The highest BCUT2D eigenvalue weighted by Gasteiger charge is 2.25. The van der Waals surface area contributed by atoms with Crippen LogP contribution in [-0.2, 0) is 11.8 Å². The Morgan fingerprint density at radius 1 is 1.02 bits per heavy atom. The van der Waals surface area contributed by atoms with Crippen LogP contribution in [0, 0.1) is 0 Å². The van der Waals surface area contributed by atoms with Crippen LogP contribution in [-0.4, -0.2) is 85.3 Å². The quantitative estimate of drug-likeness (QED) is 0.360. The molecule has 1 amide bonds. The Morgan fingerprint density at radius 3 is 2.46 bits per heavy atom. The second kappa shape index (κ2) is 11.9. The summed E-state index contributed by atoms with van der Waals surface area (Å²) in [6.45, 7) is 9.62. The van der Waals surface area contributed by atoms with E-state index in [9.17, 15) is 9.59 Å². The lowest BCUT2D eigenvalue weighted by molar-refractivity contribution is 0.0136. The minimum absolute atomic E-state index is 0.151. The summed E-state index contributed by atoms with van der Waals surface area (Å²) in [6.07, 6.45) is 6.38. The normalized spacial score (nSPS) is 14.2. The largest absolute Gasteiger partial charge is 0.476 e. The summed E-state index contributed by atoms with van der Waals surface area (Å²) in [7, 11) is 1.70. The van der Waals surface area contributed by atoms with Gasteiger partial charge >= 0.3 is 6.09 Å². The molecule has 1 fully saturated rings. The van der Waals surface area contributed by atoms with Gasteiger partial charge in [0.2, 0.25) is 11.8 Å². The van der Waals surface area contributed by atoms with Gasteiger partial charge in [-0.1, -0.05) is 0 Å². The van der Waals surface area contributed by atoms with Crippen molar-refractivity contribution in [2.45, 2.75) is 26.4 Å². The lowest BCUT2D eigenvalue weighted by atomic mass is 10.1. The molecular formula is C29H34N8O4. The third-order valence-corrected chi connectivity index (χ3v) is 6.61. The van der Waals surface area contributed by atoms with Crippen LogP contribution >= 0.6 is 0 Å². The Morgan fingerprint density at radius 2 is 1.78 bits per heavy atom. The summed E-state index contributed by atoms with van der Waals surface area (Å²) < 4.78 is 12.8. The number of carbonyl (C=O) groups excluding carboxylic acids is 1. The zero-order chi connectivity index (χ0) is 29.0. The average Bonchev–Trinajstić information content (AvgIpc) is 2.96. The van der Waals surface area contributed by atoms with Crippen LogP contribution in [0.15, 0.2) is 59.9 Å². The van der Waals surface area contributed by atoms with Crippen molar-refractivity contribution in [1.82, 2.24) is 34.3 Å². The van der Waals surface area contributed by atoms with Crippen molar-refractivity contribution >= 4 is 28.8 Å². The van der Waals surface area contributed by atoms with Crippen LogP contribution in [0.2, 0.25) is 0 Å². The second-order valence-electron chi connectivity index (χ2n) is 10.8. The van der Waals surface area contributed by atoms with Crippen molar-refractivity contribution < 1.29 is 14.3 Å². The monoisotopic (exact) mass is 558 g/mol. The average molecular weight is 559 g/mol. The molecule has 1 N–H and O–H groups in total. The standard InChI is InChI=1S/C29H34N8O4/c1-29(2,3)41-28(39)37-13-11-36(12-14-37)15-16-40-24-6-5-22(19-31-24)33-27-32-18-21-17-23(20-7-9-30-10-8-20)26(38)35(4)25(21)34-27/h5-10,17-19H,11-16H2,1-4H3,(H,32,33,34). The molecule has 0 saturated carbocycles. The van der Waals surface area contributed by atoms with E-state index in [1.807, 2.05) is 26.8 Å². The topological polar surface area (TPSA) is 128 Å². The molecule has 0 atom stereocenters. The number of nitrogens with one attached hydrogen (secondary N) is 1. The van der Waals surface area contributed by atoms with E-state index in [1.165, 1.54) is 4.57 Å². The molecule has 5 heterocycles. The SMILES string of the molecule is Cn1c(=O)c(-c2ccncc2)cc2cnc(Nc3ccc(OCCN4CCN(C(=O)OC(C)(C)C)CC4)nc3)nc21. The fraction of sp³-hybridized carbons (Fsp3) is 0.379. The van der Waals surface area contributed by atoms with Gasteiger partial charge in [-0.05, 0) is 50.6 Å². The van der Waals surface area contributed by atoms with Crippen LogP contribution < -0.4 is 15.6 Å². The molecule has 4 aromatic rings. The number of amides is 1. The Bertz CT molecular complexity index is 1560. The third kappa shape index (κ3) is 6.95. The molecule has 214 valence electrons. The number of anilines is 2. The molecule has 0 bridgehead atoms. The number of nitrogens with zero attached hydrogens (tertiary/aromatic N) is 7. The van der Waals surface area contributed by atoms with E-state index in [0.29, 0.717) is 48.4 Å². The Balaban J connectivity index is 1.13. The molecule has 12 heteroatoms. The van der Waals surface area contributed by atoms with E-state index < -0.39 is 5.60 Å². The maximum atomic E-state index is 13.0. The van der Waals surface area contributed by atoms with Crippen molar-refractivity contribution in [3.8, 4) is 17.0 Å². The van der Waals surface area contributed by atoms with Gasteiger partial charge in [0.1, 0.15) is 17.9 Å². The van der Waals surface area contributed by atoms with Crippen molar-refractivity contribution in [1.29, 1.82) is 0 Å². The van der Waals surface area contributed by atoms with Gasteiger partial charge in [-0.2, -0.15) is 4.98 Å². The zero-order valence-corrected chi connectivity index (χ0v) is 23.7. The highest BCUT2D eigenvalue weighted by Crippen LogP contribution is 2.21. The predicted octanol–water partition coefficient (Wildman–Crippen LogP) is 3.46. The van der Waals surface area contributed by atoms with Gasteiger partial charge in [0.25, 0.3) is 5.56 Å². The molecule has 41 heavy (non-hydrogen) atoms. The third-order valence-electron chi connectivity index (χ3n) is 6.61. The summed E-state index contributed by atoms with van der Waals surface area (Å²) in [5, 5.41) is 3.88. The first-order chi connectivity index (χ1) is 19.7. The van der Waals surface area contributed by atoms with Gasteiger partial charge in [-0.3, -0.25) is 19.2 Å². The van der Waals surface area contributed by atoms with E-state index in [0.717, 1.165) is 30.6 Å². The summed E-state index contributed by atoms with van der Waals surface area (Å²) in [5.74, 6) is 0.860. The number of hydrogen-bond donors (Lipinski definition) is 1. The summed E-state index contributed by atoms with van der Waals surface area (Å²) in [6, 6.07) is 9.01. The Kier molecular flexibility index (Phi) is 8.11. The number of pyridine rings is 3. The van der Waals surface area contributed by atoms with Crippen molar-refractivity contribution in [3.05, 3.63) is 65.5 Å². The highest BCUT2D eigenvalue weighted by molar-refractivity contribution is 5.81. The second-order valence-corrected chi connectivity index (χ2v) is 10.8. The lowest BCUT2D eigenvalue weighted by Gasteiger charge is -2.35. The van der Waals surface area contributed by atoms with Gasteiger partial charge in [-0.25, -0.2) is 14.8 Å². The fourth-order valence-electron chi connectivity index (χ4n) is 4.47. The molecule has 0 unspecified atom stereocenters. The van der Waals surface area contributed by atoms with Crippen LogP contribution in [0.3, 0.4) is 0 Å². The van der Waals surface area contributed by atoms with Crippen molar-refractivity contribution in [3.63, 3.8) is 0 Å². The summed E-state index contributed by atoms with van der Waals surface area (Å²) in [5.41, 5.74) is 1.92. The van der Waals surface area contributed by atoms with E-state index in [4.69, 9.17) is 9.47 Å². The number of fused-ring (bicyclic) bond motifs is 1. The number of hydrogen-bond acceptors (Lipinski definition) is 10. The molecule has 0 radical (unpaired) electrons. The molecule has 1 aliphatic heterocycles. The van der Waals surface area contributed by atoms with Crippen LogP contribution in [0.4, 0.5) is 16.4 Å². The summed E-state index contributed by atoms with van der Waals surface area (Å²) >= 11 is 0. The first-order valence-electron chi connectivity index (χ1n) is 13.5. The van der Waals surface area contributed by atoms with Crippen molar-refractivity contribution in [2.24, 2.45) is 7.05 Å². The van der Waals surface area contributed by atoms with Crippen LogP contribution in [0.5, 0.6) is 5.88 Å². The van der Waals surface area contributed by atoms with Gasteiger partial charge in [-0.15, -0.1) is 0 Å². The molecule has 1 aliphatic rings. The number of ether oxygens (including phenoxy) is 2. The minimum atomic E-state index is -0.492. The molecule has 1 saturated heterocycles. The molecule has 12 nitrogen and oxygen atoms in total. The number of aromatic nitrogens is 5. The molecule has 4 aromatic heterocycles. The van der Waals surface area contributed by atoms with Gasteiger partial charge in [0, 0.05) is 75.4 Å². The smallest absolute Gasteiger partial charge is 0.410 e. The number of piperazine rings is 1. The van der Waals surface area contributed by atoms with E-state index in [1.54, 1.807) is 61.0 Å². The molecule has 5 rings (SSSR count). The highest BCUT2D eigenvalue weighted by atomic mass is 16.6. The number of rotatable bonds is 7. The minimum Gasteiger partial charge on any atom is -0.476 e. The first kappa shape index (κ1) is 28.0. The zero-order valence-electron chi connectivity index (χ0n) is 23.7. The van der Waals surface area contributed by atoms with Crippen molar-refractivity contribution in [2.75, 3.05) is 44.6 Å². The maximum Gasteiger partial charge on any atom is 0.410 e. The Hall–Kier alpha value is -4.58. The van der Waals surface area contributed by atoms with Crippen LogP contribution in [0.1, 0.15) is 20.8 Å². The number of aryl methyl sites for hydroxylation is 1. The predicted molar refractivity (Wildman–Crippen MR) is 155 cm³/mol. The van der Waals surface area contributed by atoms with E-state index in [-0.39, 0.29) is 11.7 Å². The first-order valence-corrected chi connectivity index (χ1v) is 13.5. The Labute approximate surface area is 238 Å². The lowest BCUT2D eigenvalue weighted by Crippen LogP contribution is -2.50. The summed E-state index contributed by atoms with van der Waals surface area (Å²) in [4.78, 5) is 46.6. The van der Waals surface area contributed by atoms with E-state index in [2.05, 4.69) is 30.2 Å².